The number of ether oxygens (including phenoxy) is 3. The van der Waals surface area contributed by atoms with Gasteiger partial charge in [0.1, 0.15) is 19.0 Å². The van der Waals surface area contributed by atoms with E-state index in [1.54, 1.807) is 31.5 Å². The smallest absolute Gasteiger partial charge is 0.234 e. The highest BCUT2D eigenvalue weighted by atomic mass is 32.2. The number of nitrogens with zero attached hydrogens (tertiary/aromatic N) is 2. The average molecular weight is 460 g/mol. The summed E-state index contributed by atoms with van der Waals surface area (Å²) in [7, 11) is 1.63. The number of pyridine rings is 2. The Kier molecular flexibility index (Phi) is 5.99. The van der Waals surface area contributed by atoms with Crippen LogP contribution in [0.4, 0.5) is 5.69 Å². The van der Waals surface area contributed by atoms with Gasteiger partial charge in [0.2, 0.25) is 5.91 Å². The molecule has 0 saturated heterocycles. The second kappa shape index (κ2) is 9.38. The van der Waals surface area contributed by atoms with Crippen molar-refractivity contribution in [3.05, 3.63) is 67.0 Å². The van der Waals surface area contributed by atoms with Crippen molar-refractivity contribution in [3.8, 4) is 28.4 Å². The molecule has 8 heteroatoms. The van der Waals surface area contributed by atoms with Crippen molar-refractivity contribution in [3.63, 3.8) is 0 Å². The lowest BCUT2D eigenvalue weighted by atomic mass is 10.0. The van der Waals surface area contributed by atoms with Crippen LogP contribution in [0, 0.1) is 0 Å². The summed E-state index contributed by atoms with van der Waals surface area (Å²) in [5, 5.41) is 4.65. The Balaban J connectivity index is 1.36. The fraction of sp³-hybridized carbons (Fsp3) is 0.160. The molecule has 2 aromatic heterocycles. The molecule has 0 unspecified atom stereocenters. The van der Waals surface area contributed by atoms with Crippen LogP contribution in [0.1, 0.15) is 0 Å². The van der Waals surface area contributed by atoms with Gasteiger partial charge in [0.05, 0.1) is 23.4 Å². The number of fused-ring (bicyclic) bond motifs is 2. The van der Waals surface area contributed by atoms with Gasteiger partial charge in [0.15, 0.2) is 11.5 Å². The highest BCUT2D eigenvalue weighted by Gasteiger charge is 2.14. The van der Waals surface area contributed by atoms with E-state index in [1.165, 1.54) is 11.8 Å². The molecule has 4 aromatic rings. The predicted octanol–water partition coefficient (Wildman–Crippen LogP) is 4.81. The molecule has 166 valence electrons. The van der Waals surface area contributed by atoms with Crippen LogP contribution in [0.25, 0.3) is 22.0 Å². The number of anilines is 1. The Morgan fingerprint density at radius 1 is 1.09 bits per heavy atom. The summed E-state index contributed by atoms with van der Waals surface area (Å²) in [6.07, 6.45) is 3.57. The van der Waals surface area contributed by atoms with Gasteiger partial charge in [-0.1, -0.05) is 17.8 Å². The van der Waals surface area contributed by atoms with Crippen molar-refractivity contribution in [1.29, 1.82) is 0 Å². The van der Waals surface area contributed by atoms with Crippen LogP contribution in [0.2, 0.25) is 0 Å². The number of aromatic nitrogens is 2. The molecule has 0 spiro atoms. The number of thioether (sulfide) groups is 1. The minimum absolute atomic E-state index is 0.132. The molecular weight excluding hydrogens is 438 g/mol. The third-order valence-corrected chi connectivity index (χ3v) is 6.05. The molecule has 5 rings (SSSR count). The van der Waals surface area contributed by atoms with Crippen LogP contribution < -0.4 is 19.5 Å². The lowest BCUT2D eigenvalue weighted by Gasteiger charge is -2.19. The molecule has 0 fully saturated rings. The fourth-order valence-electron chi connectivity index (χ4n) is 3.60. The SMILES string of the molecule is COc1ccc2c(-c3cccnc3)cc(SCC(=O)Nc3ccc4c(c3)OCCO4)nc2c1. The first-order valence-corrected chi connectivity index (χ1v) is 11.4. The zero-order valence-corrected chi connectivity index (χ0v) is 18.7. The van der Waals surface area contributed by atoms with E-state index in [2.05, 4.69) is 10.3 Å². The summed E-state index contributed by atoms with van der Waals surface area (Å²) in [4.78, 5) is 21.6. The Bertz CT molecular complexity index is 1310. The molecule has 0 atom stereocenters. The largest absolute Gasteiger partial charge is 0.497 e. The molecular formula is C25H21N3O4S. The summed E-state index contributed by atoms with van der Waals surface area (Å²) in [6.45, 7) is 1.03. The number of hydrogen-bond donors (Lipinski definition) is 1. The minimum atomic E-state index is -0.132. The third kappa shape index (κ3) is 4.70. The second-order valence-electron chi connectivity index (χ2n) is 7.33. The van der Waals surface area contributed by atoms with Crippen molar-refractivity contribution >= 4 is 34.3 Å². The maximum Gasteiger partial charge on any atom is 0.234 e. The number of rotatable bonds is 6. The van der Waals surface area contributed by atoms with Crippen LogP contribution in [-0.4, -0.2) is 42.0 Å². The fourth-order valence-corrected chi connectivity index (χ4v) is 4.32. The van der Waals surface area contributed by atoms with Crippen LogP contribution in [0.3, 0.4) is 0 Å². The van der Waals surface area contributed by atoms with Gasteiger partial charge < -0.3 is 19.5 Å². The summed E-state index contributed by atoms with van der Waals surface area (Å²) in [6, 6.07) is 17.1. The summed E-state index contributed by atoms with van der Waals surface area (Å²) >= 11 is 1.37. The van der Waals surface area contributed by atoms with Crippen molar-refractivity contribution < 1.29 is 19.0 Å². The first kappa shape index (κ1) is 21.1. The Hall–Kier alpha value is -3.78. The molecule has 2 aromatic carbocycles. The van der Waals surface area contributed by atoms with E-state index in [0.717, 1.165) is 32.8 Å². The number of methoxy groups -OCH3 is 1. The van der Waals surface area contributed by atoms with Crippen molar-refractivity contribution in [2.45, 2.75) is 5.03 Å². The average Bonchev–Trinajstić information content (AvgIpc) is 2.87. The van der Waals surface area contributed by atoms with E-state index in [4.69, 9.17) is 19.2 Å². The van der Waals surface area contributed by atoms with Gasteiger partial charge in [0, 0.05) is 41.2 Å². The number of benzene rings is 2. The van der Waals surface area contributed by atoms with E-state index >= 15 is 0 Å². The highest BCUT2D eigenvalue weighted by molar-refractivity contribution is 7.99. The van der Waals surface area contributed by atoms with Crippen LogP contribution in [0.15, 0.2) is 72.0 Å². The zero-order valence-electron chi connectivity index (χ0n) is 17.9. The Labute approximate surface area is 195 Å². The Morgan fingerprint density at radius 2 is 1.97 bits per heavy atom. The van der Waals surface area contributed by atoms with E-state index in [9.17, 15) is 4.79 Å². The molecule has 0 radical (unpaired) electrons. The van der Waals surface area contributed by atoms with E-state index in [1.807, 2.05) is 42.6 Å². The summed E-state index contributed by atoms with van der Waals surface area (Å²) in [5.74, 6) is 2.13. The first-order chi connectivity index (χ1) is 16.2. The van der Waals surface area contributed by atoms with Crippen molar-refractivity contribution in [2.24, 2.45) is 0 Å². The van der Waals surface area contributed by atoms with Gasteiger partial charge in [0.25, 0.3) is 0 Å². The van der Waals surface area contributed by atoms with Gasteiger partial charge in [-0.05, 0) is 42.0 Å². The molecule has 1 aliphatic rings. The molecule has 3 heterocycles. The molecule has 0 bridgehead atoms. The van der Waals surface area contributed by atoms with Crippen molar-refractivity contribution in [1.82, 2.24) is 9.97 Å². The molecule has 1 amide bonds. The second-order valence-corrected chi connectivity index (χ2v) is 8.32. The molecule has 0 aliphatic carbocycles. The first-order valence-electron chi connectivity index (χ1n) is 10.4. The van der Waals surface area contributed by atoms with Gasteiger partial charge in [-0.3, -0.25) is 9.78 Å². The molecule has 1 N–H and O–H groups in total. The van der Waals surface area contributed by atoms with Crippen LogP contribution in [-0.2, 0) is 4.79 Å². The quantitative estimate of drug-likeness (QED) is 0.415. The monoisotopic (exact) mass is 459 g/mol. The number of nitrogens with one attached hydrogen (secondary N) is 1. The molecule has 33 heavy (non-hydrogen) atoms. The lowest BCUT2D eigenvalue weighted by molar-refractivity contribution is -0.113. The standard InChI is InChI=1S/C25H21N3O4S/c1-30-18-5-6-19-20(16-3-2-8-26-14-16)13-25(28-21(19)12-18)33-15-24(29)27-17-4-7-22-23(11-17)32-10-9-31-22/h2-8,11-14H,9-10,15H2,1H3,(H,27,29). The molecule has 7 nitrogen and oxygen atoms in total. The van der Waals surface area contributed by atoms with Gasteiger partial charge in [-0.25, -0.2) is 4.98 Å². The van der Waals surface area contributed by atoms with E-state index < -0.39 is 0 Å². The predicted molar refractivity (Wildman–Crippen MR) is 128 cm³/mol. The van der Waals surface area contributed by atoms with Crippen LogP contribution >= 0.6 is 11.8 Å². The van der Waals surface area contributed by atoms with E-state index in [0.29, 0.717) is 30.4 Å². The highest BCUT2D eigenvalue weighted by Crippen LogP contribution is 2.34. The molecule has 1 aliphatic heterocycles. The van der Waals surface area contributed by atoms with Gasteiger partial charge in [-0.2, -0.15) is 0 Å². The topological polar surface area (TPSA) is 82.6 Å². The zero-order chi connectivity index (χ0) is 22.6. The van der Waals surface area contributed by atoms with Crippen LogP contribution in [0.5, 0.6) is 17.2 Å². The van der Waals surface area contributed by atoms with Gasteiger partial charge in [-0.15, -0.1) is 0 Å². The summed E-state index contributed by atoms with van der Waals surface area (Å²) < 4.78 is 16.5. The number of amides is 1. The third-order valence-electron chi connectivity index (χ3n) is 5.14. The summed E-state index contributed by atoms with van der Waals surface area (Å²) in [5.41, 5.74) is 3.45. The number of carbonyl (C=O) groups excluding carboxylic acids is 1. The maximum atomic E-state index is 12.6. The number of hydrogen-bond acceptors (Lipinski definition) is 7. The molecule has 0 saturated carbocycles. The van der Waals surface area contributed by atoms with Crippen molar-refractivity contribution in [2.75, 3.05) is 31.4 Å². The Morgan fingerprint density at radius 3 is 2.79 bits per heavy atom. The maximum absolute atomic E-state index is 12.6. The minimum Gasteiger partial charge on any atom is -0.497 e. The van der Waals surface area contributed by atoms with E-state index in [-0.39, 0.29) is 11.7 Å². The number of carbonyl (C=O) groups is 1. The lowest BCUT2D eigenvalue weighted by Crippen LogP contribution is -2.17. The normalized spacial score (nSPS) is 12.4. The van der Waals surface area contributed by atoms with Gasteiger partial charge >= 0.3 is 0 Å².